The smallest absolute Gasteiger partial charge is 0.0862 e. The van der Waals surface area contributed by atoms with E-state index in [9.17, 15) is 5.11 Å². The fourth-order valence-electron chi connectivity index (χ4n) is 1.96. The maximum absolute atomic E-state index is 9.46. The van der Waals surface area contributed by atoms with E-state index < -0.39 is 0 Å². The van der Waals surface area contributed by atoms with E-state index in [1.165, 1.54) is 0 Å². The summed E-state index contributed by atoms with van der Waals surface area (Å²) in [5.74, 6) is 0. The third kappa shape index (κ3) is 2.08. The summed E-state index contributed by atoms with van der Waals surface area (Å²) in [6, 6.07) is 0. The van der Waals surface area contributed by atoms with Gasteiger partial charge in [-0.1, -0.05) is 24.6 Å². The second kappa shape index (κ2) is 4.37. The number of aromatic nitrogens is 2. The predicted octanol–water partition coefficient (Wildman–Crippen LogP) is 2.48. The van der Waals surface area contributed by atoms with Crippen molar-refractivity contribution in [1.82, 2.24) is 9.78 Å². The van der Waals surface area contributed by atoms with Crippen molar-refractivity contribution < 1.29 is 5.11 Å². The molecule has 1 aromatic rings. The van der Waals surface area contributed by atoms with E-state index in [1.54, 1.807) is 6.20 Å². The zero-order chi connectivity index (χ0) is 10.8. The number of aryl methyl sites for hydroxylation is 1. The van der Waals surface area contributed by atoms with Crippen molar-refractivity contribution in [1.29, 1.82) is 0 Å². The highest BCUT2D eigenvalue weighted by Gasteiger charge is 2.20. The van der Waals surface area contributed by atoms with Crippen LogP contribution in [0.5, 0.6) is 0 Å². The molecule has 0 saturated heterocycles. The number of hydrogen-bond donors (Lipinski definition) is 1. The number of nitrogens with zero attached hydrogens (tertiary/aromatic N) is 2. The highest BCUT2D eigenvalue weighted by atomic mass is 35.5. The van der Waals surface area contributed by atoms with E-state index in [1.807, 2.05) is 10.8 Å². The second-order valence-corrected chi connectivity index (χ2v) is 4.27. The number of rotatable bonds is 3. The molecule has 4 heteroatoms. The van der Waals surface area contributed by atoms with Gasteiger partial charge in [0.05, 0.1) is 23.0 Å². The van der Waals surface area contributed by atoms with E-state index in [0.29, 0.717) is 5.02 Å². The van der Waals surface area contributed by atoms with Crippen LogP contribution in [0.15, 0.2) is 12.3 Å². The molecule has 0 radical (unpaired) electrons. The number of aliphatic hydroxyl groups is 1. The van der Waals surface area contributed by atoms with Gasteiger partial charge in [-0.25, -0.2) is 0 Å². The molecular weight excluding hydrogens is 212 g/mol. The molecule has 15 heavy (non-hydrogen) atoms. The van der Waals surface area contributed by atoms with E-state index in [-0.39, 0.29) is 6.10 Å². The fraction of sp³-hybridized carbons (Fsp3) is 0.545. The first-order chi connectivity index (χ1) is 7.22. The lowest BCUT2D eigenvalue weighted by Gasteiger charge is -2.07. The van der Waals surface area contributed by atoms with Crippen LogP contribution >= 0.6 is 11.6 Å². The molecule has 0 bridgehead atoms. The van der Waals surface area contributed by atoms with Crippen molar-refractivity contribution in [3.05, 3.63) is 23.0 Å². The summed E-state index contributed by atoms with van der Waals surface area (Å²) in [6.45, 7) is 2.98. The summed E-state index contributed by atoms with van der Waals surface area (Å²) in [5, 5.41) is 14.4. The van der Waals surface area contributed by atoms with Crippen LogP contribution in [0, 0.1) is 0 Å². The van der Waals surface area contributed by atoms with Crippen LogP contribution in [-0.2, 0) is 6.54 Å². The molecule has 1 unspecified atom stereocenters. The number of aliphatic hydroxyl groups excluding tert-OH is 1. The van der Waals surface area contributed by atoms with Crippen molar-refractivity contribution in [3.8, 4) is 0 Å². The zero-order valence-corrected chi connectivity index (χ0v) is 9.54. The standard InChI is InChI=1S/C11H15ClN2O/c1-2-5-14-11(10(12)7-13-14)8-3-4-9(15)6-8/h6-7,9,15H,2-5H2,1H3. The van der Waals surface area contributed by atoms with Crippen LogP contribution in [0.2, 0.25) is 5.02 Å². The Kier molecular flexibility index (Phi) is 3.12. The van der Waals surface area contributed by atoms with Crippen LogP contribution in [0.3, 0.4) is 0 Å². The van der Waals surface area contributed by atoms with Gasteiger partial charge in [-0.15, -0.1) is 0 Å². The topological polar surface area (TPSA) is 38.0 Å². The molecule has 1 aromatic heterocycles. The molecule has 0 spiro atoms. The summed E-state index contributed by atoms with van der Waals surface area (Å²) < 4.78 is 1.92. The van der Waals surface area contributed by atoms with Gasteiger partial charge < -0.3 is 5.11 Å². The van der Waals surface area contributed by atoms with Crippen molar-refractivity contribution >= 4 is 17.2 Å². The molecule has 3 nitrogen and oxygen atoms in total. The molecule has 1 heterocycles. The van der Waals surface area contributed by atoms with E-state index in [2.05, 4.69) is 12.0 Å². The van der Waals surface area contributed by atoms with E-state index in [0.717, 1.165) is 37.1 Å². The average Bonchev–Trinajstić information content (AvgIpc) is 2.74. The molecule has 1 aliphatic rings. The Morgan fingerprint density at radius 2 is 2.47 bits per heavy atom. The number of halogens is 1. The van der Waals surface area contributed by atoms with E-state index in [4.69, 9.17) is 11.6 Å². The highest BCUT2D eigenvalue weighted by Crippen LogP contribution is 2.32. The Labute approximate surface area is 94.4 Å². The quantitative estimate of drug-likeness (QED) is 0.860. The maximum Gasteiger partial charge on any atom is 0.0862 e. The van der Waals surface area contributed by atoms with Crippen molar-refractivity contribution in [2.45, 2.75) is 38.8 Å². The average molecular weight is 227 g/mol. The summed E-state index contributed by atoms with van der Waals surface area (Å²) in [5.41, 5.74) is 2.11. The molecular formula is C11H15ClN2O. The van der Waals surface area contributed by atoms with Gasteiger partial charge in [0.2, 0.25) is 0 Å². The molecule has 1 N–H and O–H groups in total. The first kappa shape index (κ1) is 10.7. The zero-order valence-electron chi connectivity index (χ0n) is 8.78. The molecule has 1 atom stereocenters. The Bertz CT molecular complexity index is 384. The minimum atomic E-state index is -0.318. The second-order valence-electron chi connectivity index (χ2n) is 3.86. The molecule has 0 fully saturated rings. The molecule has 0 saturated carbocycles. The van der Waals surface area contributed by atoms with Crippen molar-refractivity contribution in [2.24, 2.45) is 0 Å². The fourth-order valence-corrected chi connectivity index (χ4v) is 2.23. The molecule has 0 aromatic carbocycles. The van der Waals surface area contributed by atoms with Crippen LogP contribution in [0.1, 0.15) is 31.9 Å². The Hall–Kier alpha value is -0.800. The summed E-state index contributed by atoms with van der Waals surface area (Å²) in [7, 11) is 0. The monoisotopic (exact) mass is 226 g/mol. The van der Waals surface area contributed by atoms with Crippen LogP contribution in [-0.4, -0.2) is 21.0 Å². The van der Waals surface area contributed by atoms with Crippen LogP contribution in [0.4, 0.5) is 0 Å². The van der Waals surface area contributed by atoms with Gasteiger partial charge in [0.25, 0.3) is 0 Å². The first-order valence-electron chi connectivity index (χ1n) is 5.32. The SMILES string of the molecule is CCCn1ncc(Cl)c1C1=CC(O)CC1. The van der Waals surface area contributed by atoms with Gasteiger partial charge in [0, 0.05) is 6.54 Å². The maximum atomic E-state index is 9.46. The number of allylic oxidation sites excluding steroid dienone is 1. The lowest BCUT2D eigenvalue weighted by molar-refractivity contribution is 0.223. The Morgan fingerprint density at radius 3 is 3.07 bits per heavy atom. The summed E-state index contributed by atoms with van der Waals surface area (Å²) in [4.78, 5) is 0. The predicted molar refractivity (Wildman–Crippen MR) is 60.7 cm³/mol. The normalized spacial score (nSPS) is 20.7. The van der Waals surface area contributed by atoms with Gasteiger partial charge in [0.1, 0.15) is 0 Å². The van der Waals surface area contributed by atoms with Crippen LogP contribution in [0.25, 0.3) is 5.57 Å². The molecule has 1 aliphatic carbocycles. The minimum Gasteiger partial charge on any atom is -0.389 e. The first-order valence-corrected chi connectivity index (χ1v) is 5.70. The lowest BCUT2D eigenvalue weighted by Crippen LogP contribution is -2.03. The van der Waals surface area contributed by atoms with Gasteiger partial charge in [-0.3, -0.25) is 4.68 Å². The molecule has 82 valence electrons. The Balaban J connectivity index is 2.33. The summed E-state index contributed by atoms with van der Waals surface area (Å²) >= 11 is 6.10. The van der Waals surface area contributed by atoms with Crippen LogP contribution < -0.4 is 0 Å². The highest BCUT2D eigenvalue weighted by molar-refractivity contribution is 6.32. The third-order valence-electron chi connectivity index (χ3n) is 2.64. The van der Waals surface area contributed by atoms with Crippen molar-refractivity contribution in [2.75, 3.05) is 0 Å². The summed E-state index contributed by atoms with van der Waals surface area (Å²) in [6.07, 6.45) is 5.95. The van der Waals surface area contributed by atoms with Gasteiger partial charge >= 0.3 is 0 Å². The van der Waals surface area contributed by atoms with Gasteiger partial charge in [-0.2, -0.15) is 5.10 Å². The molecule has 0 aliphatic heterocycles. The third-order valence-corrected chi connectivity index (χ3v) is 2.91. The van der Waals surface area contributed by atoms with Gasteiger partial charge in [-0.05, 0) is 24.8 Å². The van der Waals surface area contributed by atoms with Gasteiger partial charge in [0.15, 0.2) is 0 Å². The molecule has 2 rings (SSSR count). The van der Waals surface area contributed by atoms with E-state index >= 15 is 0 Å². The minimum absolute atomic E-state index is 0.318. The van der Waals surface area contributed by atoms with Crippen molar-refractivity contribution in [3.63, 3.8) is 0 Å². The molecule has 0 amide bonds. The Morgan fingerprint density at radius 1 is 1.67 bits per heavy atom. The largest absolute Gasteiger partial charge is 0.389 e. The lowest BCUT2D eigenvalue weighted by atomic mass is 10.1. The number of hydrogen-bond acceptors (Lipinski definition) is 2.